The number of carbonyl (C=O) groups excluding carboxylic acids is 2. The van der Waals surface area contributed by atoms with E-state index in [0.717, 1.165) is 24.3 Å². The molecule has 0 radical (unpaired) electrons. The van der Waals surface area contributed by atoms with Crippen LogP contribution in [-0.2, 0) is 15.8 Å². The first kappa shape index (κ1) is 20.8. The van der Waals surface area contributed by atoms with Crippen molar-refractivity contribution in [1.82, 2.24) is 10.3 Å². The molecule has 1 atom stereocenters. The number of aromatic nitrogens is 1. The van der Waals surface area contributed by atoms with E-state index in [1.165, 1.54) is 12.1 Å². The van der Waals surface area contributed by atoms with Crippen LogP contribution in [0.4, 0.5) is 18.9 Å². The zero-order valence-electron chi connectivity index (χ0n) is 16.7. The van der Waals surface area contributed by atoms with Crippen LogP contribution in [0.2, 0.25) is 0 Å². The van der Waals surface area contributed by atoms with E-state index in [2.05, 4.69) is 15.6 Å². The van der Waals surface area contributed by atoms with Crippen LogP contribution in [0.1, 0.15) is 43.2 Å². The van der Waals surface area contributed by atoms with Gasteiger partial charge in [0.05, 0.1) is 5.56 Å². The molecular weight excluding hydrogens is 407 g/mol. The summed E-state index contributed by atoms with van der Waals surface area (Å²) < 4.78 is 39.2. The minimum absolute atomic E-state index is 0.0276. The molecule has 1 aliphatic heterocycles. The minimum Gasteiger partial charge on any atom is -0.362 e. The van der Waals surface area contributed by atoms with Gasteiger partial charge in [0.2, 0.25) is 0 Å². The third kappa shape index (κ3) is 4.10. The number of carbonyl (C=O) groups is 2. The summed E-state index contributed by atoms with van der Waals surface area (Å²) in [4.78, 5) is 30.2. The Labute approximate surface area is 177 Å². The van der Waals surface area contributed by atoms with Crippen molar-refractivity contribution in [3.05, 3.63) is 82.5 Å². The molecule has 4 rings (SSSR count). The highest BCUT2D eigenvalue weighted by molar-refractivity contribution is 6.09. The Hall–Kier alpha value is -3.42. The van der Waals surface area contributed by atoms with Gasteiger partial charge >= 0.3 is 6.18 Å². The predicted octanol–water partition coefficient (Wildman–Crippen LogP) is 4.71. The number of nitrogens with one attached hydrogen (secondary N) is 2. The molecule has 1 aromatic heterocycles. The van der Waals surface area contributed by atoms with Gasteiger partial charge in [-0.15, -0.1) is 0 Å². The summed E-state index contributed by atoms with van der Waals surface area (Å²) in [5.41, 5.74) is 2.03. The molecule has 0 bridgehead atoms. The molecule has 1 aliphatic carbocycles. The number of allylic oxidation sites excluding steroid dienone is 3. The Morgan fingerprint density at radius 3 is 2.71 bits per heavy atom. The lowest BCUT2D eigenvalue weighted by Crippen LogP contribution is -2.35. The summed E-state index contributed by atoms with van der Waals surface area (Å²) in [6, 6.07) is 7.98. The number of alkyl halides is 3. The number of amides is 1. The summed E-state index contributed by atoms with van der Waals surface area (Å²) >= 11 is 0. The predicted molar refractivity (Wildman–Crippen MR) is 109 cm³/mol. The van der Waals surface area contributed by atoms with E-state index in [1.807, 2.05) is 0 Å². The molecule has 0 unspecified atom stereocenters. The molecule has 5 nitrogen and oxygen atoms in total. The van der Waals surface area contributed by atoms with Crippen LogP contribution >= 0.6 is 0 Å². The zero-order valence-corrected chi connectivity index (χ0v) is 16.7. The number of nitrogens with zero attached hydrogens (tertiary/aromatic N) is 1. The van der Waals surface area contributed by atoms with E-state index in [-0.39, 0.29) is 11.5 Å². The second kappa shape index (κ2) is 8.02. The Kier molecular flexibility index (Phi) is 5.39. The van der Waals surface area contributed by atoms with Gasteiger partial charge in [-0.05, 0) is 49.6 Å². The first-order chi connectivity index (χ1) is 14.8. The van der Waals surface area contributed by atoms with E-state index < -0.39 is 23.6 Å². The molecule has 0 fully saturated rings. The number of hydrogen-bond acceptors (Lipinski definition) is 4. The molecule has 2 aliphatic rings. The Morgan fingerprint density at radius 2 is 2.00 bits per heavy atom. The van der Waals surface area contributed by atoms with Gasteiger partial charge in [0.15, 0.2) is 5.78 Å². The van der Waals surface area contributed by atoms with Crippen molar-refractivity contribution >= 4 is 17.4 Å². The van der Waals surface area contributed by atoms with E-state index in [1.54, 1.807) is 31.5 Å². The van der Waals surface area contributed by atoms with Crippen LogP contribution in [0.3, 0.4) is 0 Å². The Bertz CT molecular complexity index is 1100. The minimum atomic E-state index is -4.52. The molecule has 2 heterocycles. The van der Waals surface area contributed by atoms with Crippen molar-refractivity contribution in [2.45, 2.75) is 38.3 Å². The number of anilines is 1. The molecule has 2 aromatic rings. The molecule has 0 saturated carbocycles. The molecule has 1 aromatic carbocycles. The zero-order chi connectivity index (χ0) is 22.2. The Balaban J connectivity index is 1.74. The highest BCUT2D eigenvalue weighted by Crippen LogP contribution is 2.42. The summed E-state index contributed by atoms with van der Waals surface area (Å²) in [5, 5.41) is 5.75. The van der Waals surface area contributed by atoms with E-state index in [9.17, 15) is 22.8 Å². The molecule has 160 valence electrons. The fourth-order valence-electron chi connectivity index (χ4n) is 4.14. The van der Waals surface area contributed by atoms with Gasteiger partial charge in [-0.25, -0.2) is 0 Å². The maximum absolute atomic E-state index is 13.3. The standard InChI is InChI=1S/C23H20F3N3O2/c1-13-19(22(31)29-16-7-2-6-15(11-16)23(24,25)26)20(14-5-4-10-27-12-14)21-17(28-13)8-3-9-18(21)30/h2,4-7,10-12,20,28H,3,8-9H2,1H3,(H,29,31)/t20-/m0/s1. The third-order valence-corrected chi connectivity index (χ3v) is 5.49. The molecule has 8 heteroatoms. The van der Waals surface area contributed by atoms with Crippen LogP contribution in [0.15, 0.2) is 71.3 Å². The van der Waals surface area contributed by atoms with Crippen molar-refractivity contribution in [2.75, 3.05) is 5.32 Å². The quantitative estimate of drug-likeness (QED) is 0.745. The number of dihydropyridines is 1. The van der Waals surface area contributed by atoms with Crippen molar-refractivity contribution in [3.63, 3.8) is 0 Å². The normalized spacial score (nSPS) is 19.1. The number of rotatable bonds is 3. The van der Waals surface area contributed by atoms with Crippen LogP contribution in [0, 0.1) is 0 Å². The number of hydrogen-bond donors (Lipinski definition) is 2. The molecule has 0 saturated heterocycles. The number of Topliss-reactive ketones (excluding diaryl/α,β-unsaturated/α-hetero) is 1. The largest absolute Gasteiger partial charge is 0.416 e. The highest BCUT2D eigenvalue weighted by atomic mass is 19.4. The van der Waals surface area contributed by atoms with Gasteiger partial charge in [0.1, 0.15) is 0 Å². The van der Waals surface area contributed by atoms with Gasteiger partial charge in [-0.1, -0.05) is 12.1 Å². The summed E-state index contributed by atoms with van der Waals surface area (Å²) in [7, 11) is 0. The lowest BCUT2D eigenvalue weighted by Gasteiger charge is -2.34. The SMILES string of the molecule is CC1=C(C(=O)Nc2cccc(C(F)(F)F)c2)[C@H](c2cccnc2)C2=C(CCCC2=O)N1. The van der Waals surface area contributed by atoms with Crippen molar-refractivity contribution in [3.8, 4) is 0 Å². The second-order valence-electron chi connectivity index (χ2n) is 7.58. The first-order valence-corrected chi connectivity index (χ1v) is 9.88. The van der Waals surface area contributed by atoms with Crippen molar-refractivity contribution in [2.24, 2.45) is 0 Å². The molecule has 0 spiro atoms. The summed E-state index contributed by atoms with van der Waals surface area (Å²) in [6.07, 6.45) is 0.490. The summed E-state index contributed by atoms with van der Waals surface area (Å²) in [5.74, 6) is -1.24. The smallest absolute Gasteiger partial charge is 0.362 e. The molecule has 31 heavy (non-hydrogen) atoms. The summed E-state index contributed by atoms with van der Waals surface area (Å²) in [6.45, 7) is 1.73. The van der Waals surface area contributed by atoms with Gasteiger partial charge in [0, 0.05) is 53.0 Å². The van der Waals surface area contributed by atoms with Crippen molar-refractivity contribution < 1.29 is 22.8 Å². The van der Waals surface area contributed by atoms with Crippen LogP contribution in [0.5, 0.6) is 0 Å². The van der Waals surface area contributed by atoms with Gasteiger partial charge in [-0.3, -0.25) is 14.6 Å². The van der Waals surface area contributed by atoms with E-state index in [0.29, 0.717) is 35.2 Å². The number of ketones is 1. The highest BCUT2D eigenvalue weighted by Gasteiger charge is 2.38. The van der Waals surface area contributed by atoms with Crippen molar-refractivity contribution in [1.29, 1.82) is 0 Å². The molecule has 2 N–H and O–H groups in total. The molecular formula is C23H20F3N3O2. The van der Waals surface area contributed by atoms with E-state index >= 15 is 0 Å². The monoisotopic (exact) mass is 427 g/mol. The fourth-order valence-corrected chi connectivity index (χ4v) is 4.14. The van der Waals surface area contributed by atoms with E-state index in [4.69, 9.17) is 0 Å². The lowest BCUT2D eigenvalue weighted by molar-refractivity contribution is -0.137. The molecule has 1 amide bonds. The average molecular weight is 427 g/mol. The first-order valence-electron chi connectivity index (χ1n) is 9.88. The third-order valence-electron chi connectivity index (χ3n) is 5.49. The lowest BCUT2D eigenvalue weighted by atomic mass is 9.75. The number of pyridine rings is 1. The average Bonchev–Trinajstić information content (AvgIpc) is 2.73. The fraction of sp³-hybridized carbons (Fsp3) is 0.261. The van der Waals surface area contributed by atoms with Crippen LogP contribution < -0.4 is 10.6 Å². The number of halogens is 3. The number of benzene rings is 1. The maximum atomic E-state index is 13.3. The van der Waals surface area contributed by atoms with Gasteiger partial charge in [0.25, 0.3) is 5.91 Å². The topological polar surface area (TPSA) is 71.1 Å². The van der Waals surface area contributed by atoms with Gasteiger partial charge < -0.3 is 10.6 Å². The van der Waals surface area contributed by atoms with Crippen LogP contribution in [-0.4, -0.2) is 16.7 Å². The Morgan fingerprint density at radius 1 is 1.19 bits per heavy atom. The van der Waals surface area contributed by atoms with Gasteiger partial charge in [-0.2, -0.15) is 13.2 Å². The van der Waals surface area contributed by atoms with Crippen LogP contribution in [0.25, 0.3) is 0 Å². The maximum Gasteiger partial charge on any atom is 0.416 e. The second-order valence-corrected chi connectivity index (χ2v) is 7.58.